The number of carbonyl (C=O) groups is 1. The van der Waals surface area contributed by atoms with Crippen molar-refractivity contribution in [3.63, 3.8) is 0 Å². The average Bonchev–Trinajstić information content (AvgIpc) is 2.49. The smallest absolute Gasteiger partial charge is 0.323 e. The van der Waals surface area contributed by atoms with E-state index >= 15 is 0 Å². The summed E-state index contributed by atoms with van der Waals surface area (Å²) in [5.74, 6) is -0.297. The molecule has 1 heterocycles. The first-order valence-corrected chi connectivity index (χ1v) is 4.28. The summed E-state index contributed by atoms with van der Waals surface area (Å²) in [6.45, 7) is 0. The van der Waals surface area contributed by atoms with Crippen molar-refractivity contribution in [1.82, 2.24) is 0 Å². The van der Waals surface area contributed by atoms with Gasteiger partial charge in [0, 0.05) is 6.42 Å². The van der Waals surface area contributed by atoms with Gasteiger partial charge in [-0.2, -0.15) is 0 Å². The molecular formula is C10H11NO2. The summed E-state index contributed by atoms with van der Waals surface area (Å²) in [5.41, 5.74) is 6.55. The van der Waals surface area contributed by atoms with Gasteiger partial charge >= 0.3 is 5.97 Å². The zero-order valence-electron chi connectivity index (χ0n) is 7.14. The van der Waals surface area contributed by atoms with E-state index in [1.165, 1.54) is 0 Å². The van der Waals surface area contributed by atoms with Gasteiger partial charge in [0.2, 0.25) is 0 Å². The maximum absolute atomic E-state index is 11.0. The summed E-state index contributed by atoms with van der Waals surface area (Å²) < 4.78 is 5.10. The highest BCUT2D eigenvalue weighted by Crippen LogP contribution is 2.28. The Balaban J connectivity index is 2.17. The maximum atomic E-state index is 11.0. The van der Waals surface area contributed by atoms with Gasteiger partial charge in [0.15, 0.2) is 0 Å². The van der Waals surface area contributed by atoms with Gasteiger partial charge < -0.3 is 10.5 Å². The van der Waals surface area contributed by atoms with Crippen molar-refractivity contribution in [2.75, 3.05) is 0 Å². The molecule has 3 nitrogen and oxygen atoms in total. The normalized spacial score (nSPS) is 27.3. The topological polar surface area (TPSA) is 52.3 Å². The van der Waals surface area contributed by atoms with Crippen molar-refractivity contribution in [1.29, 1.82) is 0 Å². The van der Waals surface area contributed by atoms with Crippen molar-refractivity contribution < 1.29 is 9.53 Å². The lowest BCUT2D eigenvalue weighted by Gasteiger charge is -2.07. The van der Waals surface area contributed by atoms with Gasteiger partial charge in [-0.25, -0.2) is 0 Å². The van der Waals surface area contributed by atoms with Crippen molar-refractivity contribution in [2.45, 2.75) is 18.6 Å². The van der Waals surface area contributed by atoms with E-state index in [0.29, 0.717) is 6.42 Å². The van der Waals surface area contributed by atoms with Crippen LogP contribution < -0.4 is 5.73 Å². The summed E-state index contributed by atoms with van der Waals surface area (Å²) in [6, 6.07) is 9.21. The minimum atomic E-state index is -0.454. The molecule has 13 heavy (non-hydrogen) atoms. The van der Waals surface area contributed by atoms with Crippen LogP contribution in [-0.2, 0) is 9.53 Å². The third-order valence-corrected chi connectivity index (χ3v) is 2.20. The average molecular weight is 177 g/mol. The van der Waals surface area contributed by atoms with Crippen molar-refractivity contribution in [3.8, 4) is 0 Å². The number of cyclic esters (lactones) is 1. The van der Waals surface area contributed by atoms with Crippen LogP contribution in [0, 0.1) is 0 Å². The fourth-order valence-electron chi connectivity index (χ4n) is 1.47. The SMILES string of the molecule is N[C@@H]1C[C@H](c2ccccc2)OC1=O. The first kappa shape index (κ1) is 8.26. The minimum absolute atomic E-state index is 0.149. The number of nitrogens with two attached hydrogens (primary N) is 1. The monoisotopic (exact) mass is 177 g/mol. The highest BCUT2D eigenvalue weighted by molar-refractivity contribution is 5.77. The molecule has 1 fully saturated rings. The Bertz CT molecular complexity index is 310. The third-order valence-electron chi connectivity index (χ3n) is 2.20. The van der Waals surface area contributed by atoms with Crippen LogP contribution in [-0.4, -0.2) is 12.0 Å². The third kappa shape index (κ3) is 1.55. The number of hydrogen-bond donors (Lipinski definition) is 1. The Morgan fingerprint density at radius 1 is 1.31 bits per heavy atom. The Labute approximate surface area is 76.5 Å². The molecule has 1 aliphatic heterocycles. The van der Waals surface area contributed by atoms with Gasteiger partial charge in [-0.3, -0.25) is 4.79 Å². The molecule has 1 aliphatic rings. The van der Waals surface area contributed by atoms with Gasteiger partial charge in [-0.1, -0.05) is 30.3 Å². The summed E-state index contributed by atoms with van der Waals surface area (Å²) >= 11 is 0. The Morgan fingerprint density at radius 2 is 2.00 bits per heavy atom. The van der Waals surface area contributed by atoms with E-state index in [9.17, 15) is 4.79 Å². The van der Waals surface area contributed by atoms with Crippen LogP contribution in [0.5, 0.6) is 0 Å². The number of hydrogen-bond acceptors (Lipinski definition) is 3. The summed E-state index contributed by atoms with van der Waals surface area (Å²) in [6.07, 6.45) is 0.437. The molecule has 2 N–H and O–H groups in total. The van der Waals surface area contributed by atoms with E-state index in [1.54, 1.807) is 0 Å². The van der Waals surface area contributed by atoms with E-state index in [-0.39, 0.29) is 12.1 Å². The molecule has 0 aliphatic carbocycles. The van der Waals surface area contributed by atoms with Crippen LogP contribution in [0.4, 0.5) is 0 Å². The fraction of sp³-hybridized carbons (Fsp3) is 0.300. The fourth-order valence-corrected chi connectivity index (χ4v) is 1.47. The van der Waals surface area contributed by atoms with E-state index < -0.39 is 6.04 Å². The zero-order valence-corrected chi connectivity index (χ0v) is 7.14. The molecule has 1 saturated heterocycles. The number of esters is 1. The van der Waals surface area contributed by atoms with Gasteiger partial charge in [-0.15, -0.1) is 0 Å². The lowest BCUT2D eigenvalue weighted by atomic mass is 10.1. The molecular weight excluding hydrogens is 166 g/mol. The molecule has 68 valence electrons. The predicted octanol–water partition coefficient (Wildman–Crippen LogP) is 1.00. The first-order chi connectivity index (χ1) is 6.27. The predicted molar refractivity (Wildman–Crippen MR) is 47.9 cm³/mol. The number of benzene rings is 1. The second kappa shape index (κ2) is 3.18. The molecule has 0 amide bonds. The van der Waals surface area contributed by atoms with Gasteiger partial charge in [-0.05, 0) is 5.56 Å². The minimum Gasteiger partial charge on any atom is -0.456 e. The molecule has 0 saturated carbocycles. The molecule has 0 bridgehead atoms. The molecule has 2 rings (SSSR count). The zero-order chi connectivity index (χ0) is 9.26. The van der Waals surface area contributed by atoms with Crippen molar-refractivity contribution in [2.24, 2.45) is 5.73 Å². The van der Waals surface area contributed by atoms with Gasteiger partial charge in [0.25, 0.3) is 0 Å². The quantitative estimate of drug-likeness (QED) is 0.651. The largest absolute Gasteiger partial charge is 0.456 e. The van der Waals surface area contributed by atoms with Crippen molar-refractivity contribution in [3.05, 3.63) is 35.9 Å². The first-order valence-electron chi connectivity index (χ1n) is 4.28. The summed E-state index contributed by atoms with van der Waals surface area (Å²) in [4.78, 5) is 11.0. The lowest BCUT2D eigenvalue weighted by Crippen LogP contribution is -2.24. The van der Waals surface area contributed by atoms with Crippen LogP contribution >= 0.6 is 0 Å². The molecule has 2 atom stereocenters. The summed E-state index contributed by atoms with van der Waals surface area (Å²) in [5, 5.41) is 0. The van der Waals surface area contributed by atoms with Gasteiger partial charge in [0.05, 0.1) is 0 Å². The van der Waals surface area contributed by atoms with Crippen LogP contribution in [0.2, 0.25) is 0 Å². The number of carbonyl (C=O) groups excluding carboxylic acids is 1. The molecule has 0 aromatic heterocycles. The second-order valence-corrected chi connectivity index (χ2v) is 3.18. The second-order valence-electron chi connectivity index (χ2n) is 3.18. The number of rotatable bonds is 1. The van der Waals surface area contributed by atoms with Crippen LogP contribution in [0.15, 0.2) is 30.3 Å². The van der Waals surface area contributed by atoms with E-state index in [2.05, 4.69) is 0 Å². The van der Waals surface area contributed by atoms with E-state index in [4.69, 9.17) is 10.5 Å². The highest BCUT2D eigenvalue weighted by Gasteiger charge is 2.32. The Hall–Kier alpha value is -1.35. The molecule has 0 unspecified atom stereocenters. The molecule has 0 radical (unpaired) electrons. The number of ether oxygens (including phenoxy) is 1. The standard InChI is InChI=1S/C10H11NO2/c11-8-6-9(13-10(8)12)7-4-2-1-3-5-7/h1-5,8-9H,6,11H2/t8-,9-/m1/s1. The van der Waals surface area contributed by atoms with Crippen LogP contribution in [0.3, 0.4) is 0 Å². The Morgan fingerprint density at radius 3 is 2.54 bits per heavy atom. The van der Waals surface area contributed by atoms with E-state index in [0.717, 1.165) is 5.56 Å². The van der Waals surface area contributed by atoms with Crippen molar-refractivity contribution >= 4 is 5.97 Å². The molecule has 3 heteroatoms. The van der Waals surface area contributed by atoms with Gasteiger partial charge in [0.1, 0.15) is 12.1 Å². The molecule has 1 aromatic carbocycles. The Kier molecular flexibility index (Phi) is 2.02. The van der Waals surface area contributed by atoms with E-state index in [1.807, 2.05) is 30.3 Å². The lowest BCUT2D eigenvalue weighted by molar-refractivity contribution is -0.142. The highest BCUT2D eigenvalue weighted by atomic mass is 16.6. The molecule has 1 aromatic rings. The van der Waals surface area contributed by atoms with Crippen LogP contribution in [0.1, 0.15) is 18.1 Å². The maximum Gasteiger partial charge on any atom is 0.323 e. The van der Waals surface area contributed by atoms with Crippen LogP contribution in [0.25, 0.3) is 0 Å². The summed E-state index contributed by atoms with van der Waals surface area (Å²) in [7, 11) is 0. The molecule has 0 spiro atoms.